The fourth-order valence-electron chi connectivity index (χ4n) is 3.18. The summed E-state index contributed by atoms with van der Waals surface area (Å²) >= 11 is 0. The first-order chi connectivity index (χ1) is 7.84. The van der Waals surface area contributed by atoms with E-state index in [9.17, 15) is 0 Å². The number of hydrogen-bond acceptors (Lipinski definition) is 0. The van der Waals surface area contributed by atoms with Gasteiger partial charge in [-0.25, -0.2) is 0 Å². The number of benzene rings is 1. The molecule has 84 valence electrons. The van der Waals surface area contributed by atoms with Crippen LogP contribution in [0.25, 0.3) is 10.8 Å². The van der Waals surface area contributed by atoms with Gasteiger partial charge in [-0.3, -0.25) is 0 Å². The van der Waals surface area contributed by atoms with Gasteiger partial charge < -0.3 is 0 Å². The second-order valence-corrected chi connectivity index (χ2v) is 5.22. The normalized spacial score (nSPS) is 17.0. The van der Waals surface area contributed by atoms with Crippen LogP contribution in [0.5, 0.6) is 0 Å². The van der Waals surface area contributed by atoms with Crippen molar-refractivity contribution >= 4 is 10.8 Å². The fraction of sp³-hybridized carbons (Fsp3) is 0.438. The van der Waals surface area contributed by atoms with Crippen LogP contribution in [0.15, 0.2) is 30.3 Å². The second kappa shape index (κ2) is 5.38. The molecule has 0 nitrogen and oxygen atoms in total. The zero-order chi connectivity index (χ0) is 11.0. The van der Waals surface area contributed by atoms with Crippen LogP contribution in [0.4, 0.5) is 0 Å². The Morgan fingerprint density at radius 1 is 1.12 bits per heavy atom. The van der Waals surface area contributed by atoms with E-state index in [1.54, 1.807) is 5.56 Å². The molecule has 17 heavy (non-hydrogen) atoms. The van der Waals surface area contributed by atoms with Crippen LogP contribution in [-0.2, 0) is 0 Å². The molecule has 1 aliphatic carbocycles. The van der Waals surface area contributed by atoms with E-state index in [0.29, 0.717) is 0 Å². The standard InChI is InChI=1S/C16H19.Li/c1-12-10-14-8-5-9-15(16(14)11-12)13-6-3-2-4-7-13;/h5,8-11,13H,2-4,6-7H2,1H3;/q-1;+1. The van der Waals surface area contributed by atoms with Gasteiger partial charge in [0.25, 0.3) is 0 Å². The number of aryl methyl sites for hydroxylation is 1. The molecule has 1 aliphatic rings. The smallest absolute Gasteiger partial charge is 0.165 e. The van der Waals surface area contributed by atoms with Gasteiger partial charge in [-0.2, -0.15) is 6.07 Å². The Bertz CT molecular complexity index is 489. The molecule has 0 aliphatic heterocycles. The first-order valence-electron chi connectivity index (χ1n) is 6.50. The van der Waals surface area contributed by atoms with Gasteiger partial charge in [-0.15, -0.1) is 34.5 Å². The van der Waals surface area contributed by atoms with Crippen LogP contribution in [0, 0.1) is 6.92 Å². The van der Waals surface area contributed by atoms with Gasteiger partial charge >= 0.3 is 18.9 Å². The molecule has 0 heterocycles. The maximum absolute atomic E-state index is 2.36. The van der Waals surface area contributed by atoms with Gasteiger partial charge in [0, 0.05) is 0 Å². The number of hydrogen-bond donors (Lipinski definition) is 0. The number of rotatable bonds is 1. The summed E-state index contributed by atoms with van der Waals surface area (Å²) in [6.45, 7) is 2.20. The van der Waals surface area contributed by atoms with Crippen LogP contribution in [-0.4, -0.2) is 0 Å². The van der Waals surface area contributed by atoms with Gasteiger partial charge in [0.1, 0.15) is 0 Å². The molecule has 0 bridgehead atoms. The average molecular weight is 218 g/mol. The molecule has 0 N–H and O–H groups in total. The van der Waals surface area contributed by atoms with E-state index in [0.717, 1.165) is 5.92 Å². The molecular formula is C16H19Li. The summed E-state index contributed by atoms with van der Waals surface area (Å²) < 4.78 is 0. The van der Waals surface area contributed by atoms with Crippen LogP contribution >= 0.6 is 0 Å². The molecule has 1 saturated carbocycles. The molecule has 0 spiro atoms. The van der Waals surface area contributed by atoms with E-state index in [-0.39, 0.29) is 18.9 Å². The van der Waals surface area contributed by atoms with Crippen molar-refractivity contribution in [1.82, 2.24) is 0 Å². The predicted octanol–water partition coefficient (Wildman–Crippen LogP) is 1.92. The van der Waals surface area contributed by atoms with Crippen LogP contribution in [0.2, 0.25) is 0 Å². The van der Waals surface area contributed by atoms with Gasteiger partial charge in [0.05, 0.1) is 0 Å². The van der Waals surface area contributed by atoms with E-state index < -0.39 is 0 Å². The summed E-state index contributed by atoms with van der Waals surface area (Å²) in [5.74, 6) is 0.819. The second-order valence-electron chi connectivity index (χ2n) is 5.22. The molecule has 1 heteroatoms. The summed E-state index contributed by atoms with van der Waals surface area (Å²) in [5.41, 5.74) is 3.00. The largest absolute Gasteiger partial charge is 1.00 e. The van der Waals surface area contributed by atoms with Crippen molar-refractivity contribution in [3.63, 3.8) is 0 Å². The maximum Gasteiger partial charge on any atom is 1.00 e. The van der Waals surface area contributed by atoms with E-state index in [4.69, 9.17) is 0 Å². The quantitative estimate of drug-likeness (QED) is 0.507. The molecule has 0 aromatic heterocycles. The third kappa shape index (κ3) is 2.49. The Labute approximate surface area is 116 Å². The monoisotopic (exact) mass is 218 g/mol. The average Bonchev–Trinajstić information content (AvgIpc) is 2.70. The summed E-state index contributed by atoms with van der Waals surface area (Å²) in [7, 11) is 0. The van der Waals surface area contributed by atoms with Gasteiger partial charge in [-0.05, 0) is 18.8 Å². The topological polar surface area (TPSA) is 0 Å². The molecule has 0 radical (unpaired) electrons. The van der Waals surface area contributed by atoms with Crippen molar-refractivity contribution in [2.75, 3.05) is 0 Å². The summed E-state index contributed by atoms with van der Waals surface area (Å²) in [4.78, 5) is 0. The molecule has 2 aromatic rings. The Balaban J connectivity index is 0.00000108. The third-order valence-corrected chi connectivity index (χ3v) is 3.97. The van der Waals surface area contributed by atoms with Crippen molar-refractivity contribution < 1.29 is 18.9 Å². The molecule has 1 fully saturated rings. The van der Waals surface area contributed by atoms with Crippen molar-refractivity contribution in [2.24, 2.45) is 0 Å². The molecule has 2 aromatic carbocycles. The Hall–Kier alpha value is -0.573. The van der Waals surface area contributed by atoms with Crippen LogP contribution < -0.4 is 18.9 Å². The molecular weight excluding hydrogens is 199 g/mol. The van der Waals surface area contributed by atoms with Crippen molar-refractivity contribution in [1.29, 1.82) is 0 Å². The predicted molar refractivity (Wildman–Crippen MR) is 70.1 cm³/mol. The molecule has 0 amide bonds. The van der Waals surface area contributed by atoms with Crippen molar-refractivity contribution in [3.8, 4) is 0 Å². The third-order valence-electron chi connectivity index (χ3n) is 3.97. The van der Waals surface area contributed by atoms with Gasteiger partial charge in [0.15, 0.2) is 0 Å². The summed E-state index contributed by atoms with van der Waals surface area (Å²) in [6, 6.07) is 11.5. The summed E-state index contributed by atoms with van der Waals surface area (Å²) in [6.07, 6.45) is 7.06. The molecule has 0 atom stereocenters. The fourth-order valence-corrected chi connectivity index (χ4v) is 3.18. The Morgan fingerprint density at radius 3 is 2.65 bits per heavy atom. The zero-order valence-electron chi connectivity index (χ0n) is 11.0. The number of fused-ring (bicyclic) bond motifs is 1. The van der Waals surface area contributed by atoms with Gasteiger partial charge in [0.2, 0.25) is 0 Å². The SMILES string of the molecule is Cc1cc2c(C3CCCCC3)cccc2[cH-]1.[Li+]. The molecule has 0 saturated heterocycles. The van der Waals surface area contributed by atoms with Crippen LogP contribution in [0.3, 0.4) is 0 Å². The van der Waals surface area contributed by atoms with Crippen molar-refractivity contribution in [3.05, 3.63) is 41.5 Å². The Morgan fingerprint density at radius 2 is 1.88 bits per heavy atom. The zero-order valence-corrected chi connectivity index (χ0v) is 11.0. The van der Waals surface area contributed by atoms with Crippen LogP contribution in [0.1, 0.15) is 49.1 Å². The minimum Gasteiger partial charge on any atom is -0.165 e. The van der Waals surface area contributed by atoms with E-state index in [2.05, 4.69) is 37.3 Å². The first kappa shape index (κ1) is 12.9. The molecule has 0 unspecified atom stereocenters. The van der Waals surface area contributed by atoms with E-state index >= 15 is 0 Å². The Kier molecular flexibility index (Phi) is 4.08. The summed E-state index contributed by atoms with van der Waals surface area (Å²) in [5, 5.41) is 2.94. The van der Waals surface area contributed by atoms with E-state index in [1.165, 1.54) is 48.4 Å². The minimum atomic E-state index is 0. The maximum atomic E-state index is 2.36. The van der Waals surface area contributed by atoms with E-state index in [1.807, 2.05) is 0 Å². The first-order valence-corrected chi connectivity index (χ1v) is 6.50. The van der Waals surface area contributed by atoms with Gasteiger partial charge in [-0.1, -0.05) is 37.8 Å². The minimum absolute atomic E-state index is 0. The molecule has 3 rings (SSSR count). The van der Waals surface area contributed by atoms with Crippen molar-refractivity contribution in [2.45, 2.75) is 44.9 Å².